The number of ether oxygens (including phenoxy) is 4. The predicted octanol–water partition coefficient (Wildman–Crippen LogP) is 4.94. The van der Waals surface area contributed by atoms with Crippen molar-refractivity contribution in [3.63, 3.8) is 0 Å². The van der Waals surface area contributed by atoms with Crippen molar-refractivity contribution in [2.24, 2.45) is 0 Å². The number of likely N-dealkylation sites (tertiary alicyclic amines) is 1. The lowest BCUT2D eigenvalue weighted by atomic mass is 9.89. The van der Waals surface area contributed by atoms with E-state index in [0.29, 0.717) is 57.5 Å². The van der Waals surface area contributed by atoms with Crippen LogP contribution in [0.1, 0.15) is 80.9 Å². The number of carbonyl (C=O) groups is 2. The van der Waals surface area contributed by atoms with Crippen molar-refractivity contribution in [2.75, 3.05) is 59.2 Å². The molecule has 3 heterocycles. The molecule has 0 unspecified atom stereocenters. The highest BCUT2D eigenvalue weighted by Crippen LogP contribution is 2.31. The summed E-state index contributed by atoms with van der Waals surface area (Å²) < 4.78 is 23.5. The average molecular weight is 602 g/mol. The van der Waals surface area contributed by atoms with Gasteiger partial charge in [-0.2, -0.15) is 0 Å². The van der Waals surface area contributed by atoms with Gasteiger partial charge in [0.1, 0.15) is 23.7 Å². The Balaban J connectivity index is 1.17. The summed E-state index contributed by atoms with van der Waals surface area (Å²) in [5.74, 6) is 0.968. The summed E-state index contributed by atoms with van der Waals surface area (Å²) in [7, 11) is 0. The molecular weight excluding hydrogens is 554 g/mol. The van der Waals surface area contributed by atoms with Gasteiger partial charge in [0, 0.05) is 37.5 Å². The van der Waals surface area contributed by atoms with Crippen LogP contribution in [0.5, 0.6) is 5.75 Å². The number of hydrogen-bond acceptors (Lipinski definition) is 9. The van der Waals surface area contributed by atoms with Crippen LogP contribution < -0.4 is 4.74 Å². The molecule has 1 spiro atoms. The molecule has 1 aromatic heterocycles. The van der Waals surface area contributed by atoms with Gasteiger partial charge in [-0.3, -0.25) is 14.5 Å². The van der Waals surface area contributed by atoms with Gasteiger partial charge in [-0.1, -0.05) is 32.0 Å². The Bertz CT molecular complexity index is 1170. The lowest BCUT2D eigenvalue weighted by molar-refractivity contribution is -0.156. The maximum Gasteiger partial charge on any atom is 0.308 e. The maximum atomic E-state index is 13.2. The molecule has 2 aliphatic heterocycles. The molecule has 232 valence electrons. The van der Waals surface area contributed by atoms with E-state index in [9.17, 15) is 9.59 Å². The van der Waals surface area contributed by atoms with Crippen LogP contribution in [0.4, 0.5) is 0 Å². The van der Waals surface area contributed by atoms with Crippen molar-refractivity contribution in [3.8, 4) is 5.75 Å². The van der Waals surface area contributed by atoms with Crippen LogP contribution in [0.2, 0.25) is 0 Å². The maximum absolute atomic E-state index is 13.2. The first-order valence-electron chi connectivity index (χ1n) is 15.1. The normalized spacial score (nSPS) is 17.5. The fraction of sp³-hybridized carbons (Fsp3) is 0.656. The second kappa shape index (κ2) is 14.8. The standard InChI is InChI=1S/C32H47N3O6S/c1-24(2)29-33-26(22-42-29)30(37)35-17-21-40-32(23-35)12-14-34(15-13-32)16-20-39-27-9-7-6-8-25(27)10-18-38-19-11-28(36)41-31(3,4)5/h6-9,22,24H,10-21,23H2,1-5H3. The van der Waals surface area contributed by atoms with Crippen LogP contribution in [0.15, 0.2) is 29.6 Å². The summed E-state index contributed by atoms with van der Waals surface area (Å²) in [4.78, 5) is 33.9. The number of thiazole rings is 1. The molecule has 2 aromatic rings. The Kier molecular flexibility index (Phi) is 11.4. The third kappa shape index (κ3) is 9.49. The molecule has 10 heteroatoms. The number of para-hydroxylation sites is 1. The van der Waals surface area contributed by atoms with Crippen molar-refractivity contribution in [2.45, 2.75) is 77.4 Å². The minimum Gasteiger partial charge on any atom is -0.492 e. The molecule has 9 nitrogen and oxygen atoms in total. The highest BCUT2D eigenvalue weighted by atomic mass is 32.1. The number of rotatable bonds is 12. The molecule has 0 aliphatic carbocycles. The highest BCUT2D eigenvalue weighted by molar-refractivity contribution is 7.09. The van der Waals surface area contributed by atoms with E-state index < -0.39 is 5.60 Å². The monoisotopic (exact) mass is 601 g/mol. The first-order chi connectivity index (χ1) is 20.0. The summed E-state index contributed by atoms with van der Waals surface area (Å²) >= 11 is 1.56. The van der Waals surface area contributed by atoms with Crippen LogP contribution >= 0.6 is 11.3 Å². The number of piperidine rings is 1. The van der Waals surface area contributed by atoms with Gasteiger partial charge in [-0.15, -0.1) is 11.3 Å². The molecule has 0 bridgehead atoms. The summed E-state index contributed by atoms with van der Waals surface area (Å²) in [5.41, 5.74) is 0.892. The molecule has 1 aromatic carbocycles. The third-order valence-corrected chi connectivity index (χ3v) is 8.71. The van der Waals surface area contributed by atoms with Crippen LogP contribution in [-0.2, 0) is 25.4 Å². The number of carbonyl (C=O) groups excluding carboxylic acids is 2. The van der Waals surface area contributed by atoms with E-state index in [1.54, 1.807) is 11.3 Å². The Morgan fingerprint density at radius 2 is 1.86 bits per heavy atom. The van der Waals surface area contributed by atoms with Crippen molar-refractivity contribution >= 4 is 23.2 Å². The number of esters is 1. The van der Waals surface area contributed by atoms with E-state index in [1.165, 1.54) is 0 Å². The van der Waals surface area contributed by atoms with E-state index >= 15 is 0 Å². The quantitative estimate of drug-likeness (QED) is 0.250. The number of aromatic nitrogens is 1. The summed E-state index contributed by atoms with van der Waals surface area (Å²) in [6, 6.07) is 8.04. The van der Waals surface area contributed by atoms with E-state index in [1.807, 2.05) is 49.3 Å². The van der Waals surface area contributed by atoms with Gasteiger partial charge in [0.2, 0.25) is 0 Å². The molecule has 2 fully saturated rings. The molecule has 1 amide bonds. The van der Waals surface area contributed by atoms with Crippen molar-refractivity contribution < 1.29 is 28.5 Å². The van der Waals surface area contributed by atoms with Crippen LogP contribution in [-0.4, -0.2) is 97.0 Å². The first kappa shape index (κ1) is 32.4. The number of morpholine rings is 1. The molecular formula is C32H47N3O6S. The molecule has 0 saturated carbocycles. The Labute approximate surface area is 254 Å². The summed E-state index contributed by atoms with van der Waals surface area (Å²) in [6.07, 6.45) is 2.74. The Hall–Kier alpha value is -2.53. The average Bonchev–Trinajstić information content (AvgIpc) is 3.44. The zero-order valence-corrected chi connectivity index (χ0v) is 26.7. The SMILES string of the molecule is CC(C)c1nc(C(=O)N2CCOC3(CCN(CCOc4ccccc4CCOCCC(=O)OC(C)(C)C)CC3)C2)cs1. The first-order valence-corrected chi connectivity index (χ1v) is 16.0. The van der Waals surface area contributed by atoms with Gasteiger partial charge in [0.05, 0.1) is 43.4 Å². The zero-order valence-electron chi connectivity index (χ0n) is 25.9. The predicted molar refractivity (Wildman–Crippen MR) is 163 cm³/mol. The number of amides is 1. The fourth-order valence-corrected chi connectivity index (χ4v) is 6.10. The Morgan fingerprint density at radius 3 is 2.57 bits per heavy atom. The molecule has 0 radical (unpaired) electrons. The van der Waals surface area contributed by atoms with Crippen LogP contribution in [0.3, 0.4) is 0 Å². The second-order valence-electron chi connectivity index (χ2n) is 12.5. The number of benzene rings is 1. The number of nitrogens with zero attached hydrogens (tertiary/aromatic N) is 3. The topological polar surface area (TPSA) is 90.4 Å². The minimum atomic E-state index is -0.478. The lowest BCUT2D eigenvalue weighted by Gasteiger charge is -2.47. The Morgan fingerprint density at radius 1 is 1.10 bits per heavy atom. The molecule has 0 N–H and O–H groups in total. The van der Waals surface area contributed by atoms with Gasteiger partial charge >= 0.3 is 5.97 Å². The molecule has 2 saturated heterocycles. The minimum absolute atomic E-state index is 0.0174. The van der Waals surface area contributed by atoms with E-state index in [2.05, 4.69) is 29.8 Å². The van der Waals surface area contributed by atoms with Gasteiger partial charge in [-0.05, 0) is 51.7 Å². The molecule has 42 heavy (non-hydrogen) atoms. The van der Waals surface area contributed by atoms with Gasteiger partial charge < -0.3 is 23.8 Å². The van der Waals surface area contributed by atoms with E-state index in [0.717, 1.165) is 48.8 Å². The van der Waals surface area contributed by atoms with Crippen LogP contribution in [0.25, 0.3) is 0 Å². The lowest BCUT2D eigenvalue weighted by Crippen LogP contribution is -2.58. The summed E-state index contributed by atoms with van der Waals surface area (Å²) in [6.45, 7) is 15.7. The largest absolute Gasteiger partial charge is 0.492 e. The van der Waals surface area contributed by atoms with E-state index in [-0.39, 0.29) is 23.9 Å². The van der Waals surface area contributed by atoms with Crippen molar-refractivity contribution in [1.82, 2.24) is 14.8 Å². The van der Waals surface area contributed by atoms with Gasteiger partial charge in [0.15, 0.2) is 0 Å². The van der Waals surface area contributed by atoms with Gasteiger partial charge in [0.25, 0.3) is 5.91 Å². The smallest absolute Gasteiger partial charge is 0.308 e. The molecule has 0 atom stereocenters. The number of hydrogen-bond donors (Lipinski definition) is 0. The van der Waals surface area contributed by atoms with Crippen molar-refractivity contribution in [3.05, 3.63) is 45.9 Å². The van der Waals surface area contributed by atoms with E-state index in [4.69, 9.17) is 18.9 Å². The third-order valence-electron chi connectivity index (χ3n) is 7.56. The highest BCUT2D eigenvalue weighted by Gasteiger charge is 2.41. The summed E-state index contributed by atoms with van der Waals surface area (Å²) in [5, 5.41) is 2.89. The zero-order chi connectivity index (χ0) is 30.2. The second-order valence-corrected chi connectivity index (χ2v) is 13.4. The van der Waals surface area contributed by atoms with Gasteiger partial charge in [-0.25, -0.2) is 4.98 Å². The molecule has 2 aliphatic rings. The fourth-order valence-electron chi connectivity index (χ4n) is 5.29. The molecule has 4 rings (SSSR count). The van der Waals surface area contributed by atoms with Crippen LogP contribution in [0, 0.1) is 0 Å². The van der Waals surface area contributed by atoms with Crippen molar-refractivity contribution in [1.29, 1.82) is 0 Å².